The number of nitrogens with zero attached hydrogens (tertiary/aromatic N) is 4. The summed E-state index contributed by atoms with van der Waals surface area (Å²) in [6, 6.07) is 3.95. The number of nitrogen functional groups attached to an aromatic ring is 1. The molecule has 0 radical (unpaired) electrons. The normalized spacial score (nSPS) is 15.5. The number of fused-ring (bicyclic) bond motifs is 2. The Morgan fingerprint density at radius 2 is 2.04 bits per heavy atom. The SMILES string of the molecule is Nc1c2ccncc2cc2cnc(NCCN3CCCC3)nc12. The van der Waals surface area contributed by atoms with E-state index in [2.05, 4.69) is 25.2 Å². The molecule has 0 amide bonds. The topological polar surface area (TPSA) is 80.0 Å². The van der Waals surface area contributed by atoms with Gasteiger partial charge in [0, 0.05) is 47.8 Å². The van der Waals surface area contributed by atoms with Crippen LogP contribution in [0.2, 0.25) is 0 Å². The number of hydrogen-bond acceptors (Lipinski definition) is 6. The minimum atomic E-state index is 0.636. The number of nitrogens with two attached hydrogens (primary N) is 1. The standard InChI is InChI=1S/C17H20N6/c18-15-14-3-4-19-10-12(14)9-13-11-21-17(22-16(13)15)20-5-8-23-6-1-2-7-23/h3-4,9-11H,1-2,5-8,18H2,(H,20,21,22). The maximum Gasteiger partial charge on any atom is 0.223 e. The lowest BCUT2D eigenvalue weighted by molar-refractivity contribution is 0.352. The van der Waals surface area contributed by atoms with Gasteiger partial charge in [-0.25, -0.2) is 9.97 Å². The summed E-state index contributed by atoms with van der Waals surface area (Å²) < 4.78 is 0. The van der Waals surface area contributed by atoms with Crippen LogP contribution in [0.3, 0.4) is 0 Å². The van der Waals surface area contributed by atoms with Gasteiger partial charge >= 0.3 is 0 Å². The summed E-state index contributed by atoms with van der Waals surface area (Å²) in [4.78, 5) is 15.6. The van der Waals surface area contributed by atoms with Gasteiger partial charge in [-0.2, -0.15) is 0 Å². The van der Waals surface area contributed by atoms with Gasteiger partial charge in [0.1, 0.15) is 0 Å². The summed E-state index contributed by atoms with van der Waals surface area (Å²) >= 11 is 0. The lowest BCUT2D eigenvalue weighted by Crippen LogP contribution is -2.26. The Hall–Kier alpha value is -2.47. The van der Waals surface area contributed by atoms with Crippen molar-refractivity contribution < 1.29 is 0 Å². The minimum absolute atomic E-state index is 0.636. The van der Waals surface area contributed by atoms with Crippen molar-refractivity contribution in [3.63, 3.8) is 0 Å². The van der Waals surface area contributed by atoms with Gasteiger partial charge in [0.15, 0.2) is 0 Å². The maximum atomic E-state index is 6.30. The van der Waals surface area contributed by atoms with Crippen LogP contribution in [-0.2, 0) is 0 Å². The number of aromatic nitrogens is 3. The van der Waals surface area contributed by atoms with E-state index in [4.69, 9.17) is 5.73 Å². The van der Waals surface area contributed by atoms with Crippen molar-refractivity contribution in [2.45, 2.75) is 12.8 Å². The molecule has 0 bridgehead atoms. The summed E-state index contributed by atoms with van der Waals surface area (Å²) in [5, 5.41) is 6.24. The van der Waals surface area contributed by atoms with Crippen molar-refractivity contribution in [1.29, 1.82) is 0 Å². The number of anilines is 2. The summed E-state index contributed by atoms with van der Waals surface area (Å²) in [7, 11) is 0. The second kappa shape index (κ2) is 5.96. The van der Waals surface area contributed by atoms with Crippen molar-refractivity contribution in [2.75, 3.05) is 37.2 Å². The molecule has 3 aromatic rings. The Balaban J connectivity index is 1.59. The number of rotatable bonds is 4. The smallest absolute Gasteiger partial charge is 0.223 e. The van der Waals surface area contributed by atoms with Gasteiger partial charge in [-0.15, -0.1) is 0 Å². The molecule has 0 spiro atoms. The molecule has 1 aromatic carbocycles. The van der Waals surface area contributed by atoms with Crippen LogP contribution < -0.4 is 11.1 Å². The van der Waals surface area contributed by atoms with Crippen molar-refractivity contribution >= 4 is 33.3 Å². The van der Waals surface area contributed by atoms with E-state index < -0.39 is 0 Å². The van der Waals surface area contributed by atoms with E-state index in [0.29, 0.717) is 11.6 Å². The predicted octanol–water partition coefficient (Wildman–Crippen LogP) is 2.27. The number of benzene rings is 1. The molecule has 23 heavy (non-hydrogen) atoms. The van der Waals surface area contributed by atoms with Crippen LogP contribution in [0.5, 0.6) is 0 Å². The van der Waals surface area contributed by atoms with Crippen LogP contribution >= 0.6 is 0 Å². The highest BCUT2D eigenvalue weighted by Crippen LogP contribution is 2.28. The van der Waals surface area contributed by atoms with Gasteiger partial charge in [0.2, 0.25) is 5.95 Å². The quantitative estimate of drug-likeness (QED) is 0.568. The molecule has 0 saturated carbocycles. The summed E-state index contributed by atoms with van der Waals surface area (Å²) in [6.45, 7) is 4.28. The van der Waals surface area contributed by atoms with E-state index in [1.54, 1.807) is 6.20 Å². The molecule has 6 heteroatoms. The molecule has 3 heterocycles. The number of pyridine rings is 1. The van der Waals surface area contributed by atoms with Gasteiger partial charge in [0.25, 0.3) is 0 Å². The van der Waals surface area contributed by atoms with Gasteiger partial charge < -0.3 is 16.0 Å². The fraction of sp³-hybridized carbons (Fsp3) is 0.353. The molecule has 0 unspecified atom stereocenters. The molecule has 4 rings (SSSR count). The average molecular weight is 308 g/mol. The highest BCUT2D eigenvalue weighted by molar-refractivity contribution is 6.08. The molecular weight excluding hydrogens is 288 g/mol. The van der Waals surface area contributed by atoms with Crippen LogP contribution in [0, 0.1) is 0 Å². The van der Waals surface area contributed by atoms with Crippen LogP contribution in [0.4, 0.5) is 11.6 Å². The van der Waals surface area contributed by atoms with E-state index in [1.165, 1.54) is 25.9 Å². The molecule has 1 aliphatic heterocycles. The Morgan fingerprint density at radius 1 is 1.17 bits per heavy atom. The zero-order valence-corrected chi connectivity index (χ0v) is 13.0. The monoisotopic (exact) mass is 308 g/mol. The first-order chi connectivity index (χ1) is 11.3. The van der Waals surface area contributed by atoms with Crippen molar-refractivity contribution in [1.82, 2.24) is 19.9 Å². The Kier molecular flexibility index (Phi) is 3.67. The lowest BCUT2D eigenvalue weighted by atomic mass is 10.1. The zero-order valence-electron chi connectivity index (χ0n) is 13.0. The minimum Gasteiger partial charge on any atom is -0.396 e. The number of likely N-dealkylation sites (tertiary alicyclic amines) is 1. The van der Waals surface area contributed by atoms with Crippen molar-refractivity contribution in [3.8, 4) is 0 Å². The molecule has 3 N–H and O–H groups in total. The summed E-state index contributed by atoms with van der Waals surface area (Å²) in [5.74, 6) is 0.636. The fourth-order valence-corrected chi connectivity index (χ4v) is 3.19. The second-order valence-corrected chi connectivity index (χ2v) is 5.99. The maximum absolute atomic E-state index is 6.30. The third-order valence-corrected chi connectivity index (χ3v) is 4.44. The third kappa shape index (κ3) is 2.77. The highest BCUT2D eigenvalue weighted by Gasteiger charge is 2.11. The van der Waals surface area contributed by atoms with E-state index >= 15 is 0 Å². The molecule has 1 aliphatic rings. The van der Waals surface area contributed by atoms with Gasteiger partial charge in [-0.05, 0) is 38.1 Å². The molecule has 2 aromatic heterocycles. The Morgan fingerprint density at radius 3 is 2.91 bits per heavy atom. The van der Waals surface area contributed by atoms with Crippen molar-refractivity contribution in [3.05, 3.63) is 30.7 Å². The molecule has 0 atom stereocenters. The van der Waals surface area contributed by atoms with E-state index in [-0.39, 0.29) is 0 Å². The van der Waals surface area contributed by atoms with Crippen LogP contribution in [0.25, 0.3) is 21.7 Å². The van der Waals surface area contributed by atoms with Crippen LogP contribution in [0.1, 0.15) is 12.8 Å². The van der Waals surface area contributed by atoms with Crippen LogP contribution in [0.15, 0.2) is 30.7 Å². The van der Waals surface area contributed by atoms with Crippen molar-refractivity contribution in [2.24, 2.45) is 0 Å². The first-order valence-corrected chi connectivity index (χ1v) is 8.06. The van der Waals surface area contributed by atoms with Crippen LogP contribution in [-0.4, -0.2) is 46.0 Å². The Labute approximate surface area is 134 Å². The predicted molar refractivity (Wildman–Crippen MR) is 93.4 cm³/mol. The molecule has 1 saturated heterocycles. The largest absolute Gasteiger partial charge is 0.396 e. The second-order valence-electron chi connectivity index (χ2n) is 5.99. The third-order valence-electron chi connectivity index (χ3n) is 4.44. The summed E-state index contributed by atoms with van der Waals surface area (Å²) in [5.41, 5.74) is 7.78. The molecule has 0 aliphatic carbocycles. The zero-order chi connectivity index (χ0) is 15.6. The van der Waals surface area contributed by atoms with E-state index in [1.807, 2.05) is 24.5 Å². The van der Waals surface area contributed by atoms with E-state index in [9.17, 15) is 0 Å². The lowest BCUT2D eigenvalue weighted by Gasteiger charge is -2.15. The Bertz CT molecular complexity index is 841. The molecule has 6 nitrogen and oxygen atoms in total. The summed E-state index contributed by atoms with van der Waals surface area (Å²) in [6.07, 6.45) is 8.01. The molecular formula is C17H20N6. The first-order valence-electron chi connectivity index (χ1n) is 8.06. The fourth-order valence-electron chi connectivity index (χ4n) is 3.19. The highest BCUT2D eigenvalue weighted by atomic mass is 15.2. The number of hydrogen-bond donors (Lipinski definition) is 2. The van der Waals surface area contributed by atoms with Gasteiger partial charge in [0.05, 0.1) is 11.2 Å². The average Bonchev–Trinajstić information content (AvgIpc) is 3.09. The number of nitrogens with one attached hydrogen (secondary N) is 1. The van der Waals surface area contributed by atoms with Gasteiger partial charge in [-0.1, -0.05) is 0 Å². The molecule has 1 fully saturated rings. The van der Waals surface area contributed by atoms with E-state index in [0.717, 1.165) is 34.8 Å². The molecule has 118 valence electrons. The van der Waals surface area contributed by atoms with Gasteiger partial charge in [-0.3, -0.25) is 4.98 Å². The first kappa shape index (κ1) is 14.1.